The number of hydrogen-bond acceptors (Lipinski definition) is 3. The number of amides is 2. The van der Waals surface area contributed by atoms with Crippen LogP contribution in [0, 0.1) is 12.3 Å². The fraction of sp³-hybridized carbons (Fsp3) is 0.333. The summed E-state index contributed by atoms with van der Waals surface area (Å²) in [6.07, 6.45) is 0. The molecule has 0 fully saturated rings. The van der Waals surface area contributed by atoms with Gasteiger partial charge >= 0.3 is 0 Å². The number of aryl methyl sites for hydroxylation is 1. The van der Waals surface area contributed by atoms with Crippen LogP contribution in [0.5, 0.6) is 5.75 Å². The molecule has 2 amide bonds. The molecule has 0 saturated carbocycles. The molecule has 0 heterocycles. The van der Waals surface area contributed by atoms with Gasteiger partial charge in [-0.1, -0.05) is 41.9 Å². The molecule has 5 nitrogen and oxygen atoms in total. The SMILES string of the molecule is COc1cc(Cl)c(C)cc1NC(=O)C(C)(C)C(=O)NC(C)c1ccccc1. The molecule has 1 atom stereocenters. The molecule has 1 unspecified atom stereocenters. The Labute approximate surface area is 165 Å². The maximum Gasteiger partial charge on any atom is 0.239 e. The second-order valence-corrected chi connectivity index (χ2v) is 7.39. The Morgan fingerprint density at radius 2 is 1.74 bits per heavy atom. The van der Waals surface area contributed by atoms with E-state index in [-0.39, 0.29) is 11.9 Å². The molecule has 2 N–H and O–H groups in total. The van der Waals surface area contributed by atoms with Gasteiger partial charge in [-0.05, 0) is 44.9 Å². The van der Waals surface area contributed by atoms with Gasteiger partial charge in [-0.2, -0.15) is 0 Å². The average molecular weight is 389 g/mol. The zero-order valence-electron chi connectivity index (χ0n) is 16.2. The van der Waals surface area contributed by atoms with E-state index < -0.39 is 11.3 Å². The first-order valence-corrected chi connectivity index (χ1v) is 9.06. The molecule has 0 spiro atoms. The van der Waals surface area contributed by atoms with E-state index in [0.29, 0.717) is 16.5 Å². The first-order valence-electron chi connectivity index (χ1n) is 8.68. The van der Waals surface area contributed by atoms with Crippen molar-refractivity contribution in [2.75, 3.05) is 12.4 Å². The second-order valence-electron chi connectivity index (χ2n) is 6.99. The minimum Gasteiger partial charge on any atom is -0.495 e. The van der Waals surface area contributed by atoms with E-state index in [1.165, 1.54) is 7.11 Å². The average Bonchev–Trinajstić information content (AvgIpc) is 2.64. The van der Waals surface area contributed by atoms with Crippen LogP contribution in [0.1, 0.15) is 37.9 Å². The molecule has 2 aromatic rings. The summed E-state index contributed by atoms with van der Waals surface area (Å²) in [6.45, 7) is 6.89. The predicted molar refractivity (Wildman–Crippen MR) is 108 cm³/mol. The number of carbonyl (C=O) groups is 2. The topological polar surface area (TPSA) is 67.4 Å². The molecule has 0 aliphatic heterocycles. The monoisotopic (exact) mass is 388 g/mol. The normalized spacial score (nSPS) is 12.2. The van der Waals surface area contributed by atoms with Gasteiger partial charge in [0.05, 0.1) is 18.8 Å². The summed E-state index contributed by atoms with van der Waals surface area (Å²) in [5.74, 6) is -0.353. The van der Waals surface area contributed by atoms with E-state index in [4.69, 9.17) is 16.3 Å². The lowest BCUT2D eigenvalue weighted by Crippen LogP contribution is -2.45. The lowest BCUT2D eigenvalue weighted by molar-refractivity contribution is -0.138. The van der Waals surface area contributed by atoms with Crippen LogP contribution >= 0.6 is 11.6 Å². The Kier molecular flexibility index (Phi) is 6.50. The molecule has 0 aliphatic carbocycles. The largest absolute Gasteiger partial charge is 0.495 e. The number of ether oxygens (including phenoxy) is 1. The minimum atomic E-state index is -1.28. The smallest absolute Gasteiger partial charge is 0.239 e. The molecular weight excluding hydrogens is 364 g/mol. The van der Waals surface area contributed by atoms with Crippen LogP contribution in [-0.2, 0) is 9.59 Å². The molecular formula is C21H25ClN2O3. The number of methoxy groups -OCH3 is 1. The zero-order valence-corrected chi connectivity index (χ0v) is 17.0. The van der Waals surface area contributed by atoms with Crippen molar-refractivity contribution in [2.45, 2.75) is 33.7 Å². The van der Waals surface area contributed by atoms with E-state index in [1.807, 2.05) is 44.2 Å². The van der Waals surface area contributed by atoms with Gasteiger partial charge in [-0.3, -0.25) is 9.59 Å². The summed E-state index contributed by atoms with van der Waals surface area (Å²) in [4.78, 5) is 25.5. The third kappa shape index (κ3) is 4.80. The summed E-state index contributed by atoms with van der Waals surface area (Å²) < 4.78 is 5.28. The van der Waals surface area contributed by atoms with Crippen LogP contribution in [0.4, 0.5) is 5.69 Å². The van der Waals surface area contributed by atoms with Crippen LogP contribution in [0.2, 0.25) is 5.02 Å². The quantitative estimate of drug-likeness (QED) is 0.716. The fourth-order valence-corrected chi connectivity index (χ4v) is 2.67. The molecule has 0 aliphatic rings. The third-order valence-electron chi connectivity index (χ3n) is 4.51. The van der Waals surface area contributed by atoms with Gasteiger partial charge in [0.1, 0.15) is 11.2 Å². The van der Waals surface area contributed by atoms with E-state index in [2.05, 4.69) is 10.6 Å². The van der Waals surface area contributed by atoms with Crippen molar-refractivity contribution in [1.82, 2.24) is 5.32 Å². The number of nitrogens with one attached hydrogen (secondary N) is 2. The molecule has 0 radical (unpaired) electrons. The molecule has 0 aromatic heterocycles. The van der Waals surface area contributed by atoms with E-state index in [1.54, 1.807) is 26.0 Å². The highest BCUT2D eigenvalue weighted by Gasteiger charge is 2.37. The molecule has 27 heavy (non-hydrogen) atoms. The summed E-state index contributed by atoms with van der Waals surface area (Å²) in [5, 5.41) is 6.22. The maximum atomic E-state index is 12.8. The predicted octanol–water partition coefficient (Wildman–Crippen LogP) is 4.50. The lowest BCUT2D eigenvalue weighted by atomic mass is 9.90. The van der Waals surface area contributed by atoms with Gasteiger partial charge < -0.3 is 15.4 Å². The Morgan fingerprint density at radius 3 is 2.33 bits per heavy atom. The third-order valence-corrected chi connectivity index (χ3v) is 4.92. The summed E-state index contributed by atoms with van der Waals surface area (Å²) in [5.41, 5.74) is 0.966. The van der Waals surface area contributed by atoms with Crippen molar-refractivity contribution in [1.29, 1.82) is 0 Å². The molecule has 2 rings (SSSR count). The highest BCUT2D eigenvalue weighted by molar-refractivity contribution is 6.31. The van der Waals surface area contributed by atoms with E-state index in [9.17, 15) is 9.59 Å². The summed E-state index contributed by atoms with van der Waals surface area (Å²) in [7, 11) is 1.50. The summed E-state index contributed by atoms with van der Waals surface area (Å²) >= 11 is 6.10. The van der Waals surface area contributed by atoms with Gasteiger partial charge in [0, 0.05) is 11.1 Å². The van der Waals surface area contributed by atoms with Gasteiger partial charge in [0.2, 0.25) is 11.8 Å². The number of hydrogen-bond donors (Lipinski definition) is 2. The Hall–Kier alpha value is -2.53. The maximum absolute atomic E-state index is 12.8. The molecule has 6 heteroatoms. The first kappa shape index (κ1) is 20.8. The Morgan fingerprint density at radius 1 is 1.11 bits per heavy atom. The first-order chi connectivity index (χ1) is 12.7. The molecule has 2 aromatic carbocycles. The fourth-order valence-electron chi connectivity index (χ4n) is 2.51. The molecule has 0 bridgehead atoms. The minimum absolute atomic E-state index is 0.210. The second kappa shape index (κ2) is 8.44. The Bertz CT molecular complexity index is 835. The number of carbonyl (C=O) groups excluding carboxylic acids is 2. The molecule has 0 saturated heterocycles. The van der Waals surface area contributed by atoms with Crippen molar-refractivity contribution in [3.8, 4) is 5.75 Å². The van der Waals surface area contributed by atoms with Gasteiger partial charge in [-0.15, -0.1) is 0 Å². The highest BCUT2D eigenvalue weighted by atomic mass is 35.5. The number of halogens is 1. The van der Waals surface area contributed by atoms with Crippen molar-refractivity contribution < 1.29 is 14.3 Å². The number of benzene rings is 2. The van der Waals surface area contributed by atoms with Crippen LogP contribution in [0.15, 0.2) is 42.5 Å². The van der Waals surface area contributed by atoms with Crippen LogP contribution < -0.4 is 15.4 Å². The van der Waals surface area contributed by atoms with Crippen molar-refractivity contribution >= 4 is 29.1 Å². The molecule has 144 valence electrons. The lowest BCUT2D eigenvalue weighted by Gasteiger charge is -2.26. The van der Waals surface area contributed by atoms with Crippen LogP contribution in [0.3, 0.4) is 0 Å². The Balaban J connectivity index is 2.15. The number of rotatable bonds is 6. The van der Waals surface area contributed by atoms with Crippen molar-refractivity contribution in [3.63, 3.8) is 0 Å². The van der Waals surface area contributed by atoms with Gasteiger partial charge in [0.15, 0.2) is 0 Å². The van der Waals surface area contributed by atoms with Crippen molar-refractivity contribution in [2.24, 2.45) is 5.41 Å². The van der Waals surface area contributed by atoms with E-state index in [0.717, 1.165) is 11.1 Å². The number of anilines is 1. The van der Waals surface area contributed by atoms with Gasteiger partial charge in [-0.25, -0.2) is 0 Å². The summed E-state index contributed by atoms with van der Waals surface area (Å²) in [6, 6.07) is 12.7. The van der Waals surface area contributed by atoms with Crippen molar-refractivity contribution in [3.05, 3.63) is 58.6 Å². The van der Waals surface area contributed by atoms with E-state index >= 15 is 0 Å². The zero-order chi connectivity index (χ0) is 20.2. The highest BCUT2D eigenvalue weighted by Crippen LogP contribution is 2.32. The standard InChI is InChI=1S/C21H25ClN2O3/c1-13-11-17(18(27-5)12-16(13)22)24-20(26)21(3,4)19(25)23-14(2)15-9-7-6-8-10-15/h6-12,14H,1-5H3,(H,23,25)(H,24,26). The van der Waals surface area contributed by atoms with Crippen LogP contribution in [-0.4, -0.2) is 18.9 Å². The van der Waals surface area contributed by atoms with Gasteiger partial charge in [0.25, 0.3) is 0 Å². The van der Waals surface area contributed by atoms with Crippen LogP contribution in [0.25, 0.3) is 0 Å².